The van der Waals surface area contributed by atoms with Crippen molar-refractivity contribution < 1.29 is 8.56 Å². The van der Waals surface area contributed by atoms with Crippen LogP contribution in [0.25, 0.3) is 0 Å². The molecule has 5 heteroatoms. The van der Waals surface area contributed by atoms with E-state index < -0.39 is 22.7 Å². The van der Waals surface area contributed by atoms with Gasteiger partial charge in [0.2, 0.25) is 0 Å². The summed E-state index contributed by atoms with van der Waals surface area (Å²) in [5.74, 6) is 0. The molecule has 0 aromatic rings. The summed E-state index contributed by atoms with van der Waals surface area (Å²) in [5, 5.41) is 0. The molecule has 0 heterocycles. The van der Waals surface area contributed by atoms with E-state index in [2.05, 4.69) is 0 Å². The first-order chi connectivity index (χ1) is 6.79. The summed E-state index contributed by atoms with van der Waals surface area (Å²) in [6, 6.07) is 0. The predicted molar refractivity (Wildman–Crippen MR) is 74.0 cm³/mol. The zero-order chi connectivity index (χ0) is 13.2. The topological polar surface area (TPSA) is 27.7 Å². The molecule has 4 radical (unpaired) electrons. The van der Waals surface area contributed by atoms with Gasteiger partial charge in [0.05, 0.1) is 0 Å². The van der Waals surface area contributed by atoms with Crippen LogP contribution in [0.5, 0.6) is 0 Å². The standard InChI is InChI=1S/3C4H9O.In.Sn/c3*1-4(2,3)5;;/h3*1-3H3;;/q3*-1;+3;. The van der Waals surface area contributed by atoms with Gasteiger partial charge in [-0.3, -0.25) is 0 Å². The van der Waals surface area contributed by atoms with Gasteiger partial charge in [0.25, 0.3) is 0 Å². The minimum absolute atomic E-state index is 0. The third-order valence-corrected chi connectivity index (χ3v) is 9.05. The van der Waals surface area contributed by atoms with Crippen LogP contribution in [0.1, 0.15) is 62.3 Å². The molecule has 0 aliphatic heterocycles. The fourth-order valence-corrected chi connectivity index (χ4v) is 6.29. The summed E-state index contributed by atoms with van der Waals surface area (Å²) >= 11 is -2.86. The number of hydrogen-bond acceptors (Lipinski definition) is 3. The molecule has 0 bridgehead atoms. The SMILES string of the molecule is CC(C)(C)[O][In]([O]C(C)(C)C)[O]C(C)(C)C.[Sn]. The molecule has 0 amide bonds. The fourth-order valence-electron chi connectivity index (χ4n) is 0.938. The first-order valence-electron chi connectivity index (χ1n) is 5.82. The smallest absolute Gasteiger partial charge is 0 e. The van der Waals surface area contributed by atoms with Crippen LogP contribution >= 0.6 is 0 Å². The fraction of sp³-hybridized carbons (Fsp3) is 1.00. The van der Waals surface area contributed by atoms with Gasteiger partial charge in [-0.25, -0.2) is 0 Å². The van der Waals surface area contributed by atoms with E-state index in [9.17, 15) is 0 Å². The Bertz CT molecular complexity index is 175. The molecule has 3 nitrogen and oxygen atoms in total. The van der Waals surface area contributed by atoms with Crippen LogP contribution in [0.2, 0.25) is 0 Å². The van der Waals surface area contributed by atoms with Gasteiger partial charge in [0.1, 0.15) is 0 Å². The molecular formula is C12H27InO3Sn. The third kappa shape index (κ3) is 15.5. The van der Waals surface area contributed by atoms with Crippen LogP contribution in [-0.4, -0.2) is 63.5 Å². The first kappa shape index (κ1) is 20.9. The second kappa shape index (κ2) is 7.36. The maximum atomic E-state index is 5.96. The molecule has 0 aliphatic rings. The maximum absolute atomic E-state index is 5.96. The maximum Gasteiger partial charge on any atom is 0 e. The molecule has 0 atom stereocenters. The summed E-state index contributed by atoms with van der Waals surface area (Å²) in [4.78, 5) is 0. The van der Waals surface area contributed by atoms with Crippen LogP contribution in [-0.2, 0) is 8.56 Å². The normalized spacial score (nSPS) is 13.2. The van der Waals surface area contributed by atoms with Crippen LogP contribution in [0, 0.1) is 0 Å². The average Bonchev–Trinajstić information content (AvgIpc) is 1.70. The van der Waals surface area contributed by atoms with E-state index in [-0.39, 0.29) is 40.7 Å². The Balaban J connectivity index is 0. The summed E-state index contributed by atoms with van der Waals surface area (Å²) in [6.07, 6.45) is 0. The van der Waals surface area contributed by atoms with Gasteiger partial charge in [-0.2, -0.15) is 0 Å². The molecule has 100 valence electrons. The van der Waals surface area contributed by atoms with Crippen molar-refractivity contribution in [2.75, 3.05) is 0 Å². The van der Waals surface area contributed by atoms with Crippen LogP contribution < -0.4 is 0 Å². The number of hydrogen-bond donors (Lipinski definition) is 0. The molecular weight excluding hydrogens is 426 g/mol. The first-order valence-corrected chi connectivity index (χ1v) is 9.86. The Hall–Kier alpha value is 1.55. The summed E-state index contributed by atoms with van der Waals surface area (Å²) in [6.45, 7) is 18.3. The van der Waals surface area contributed by atoms with Gasteiger partial charge in [-0.05, 0) is 0 Å². The van der Waals surface area contributed by atoms with Crippen molar-refractivity contribution in [3.63, 3.8) is 0 Å². The third-order valence-electron chi connectivity index (χ3n) is 1.35. The van der Waals surface area contributed by atoms with Crippen molar-refractivity contribution in [3.8, 4) is 0 Å². The monoisotopic (exact) mass is 454 g/mol. The van der Waals surface area contributed by atoms with Crippen molar-refractivity contribution in [1.82, 2.24) is 0 Å². The largest absolute Gasteiger partial charge is 0 e. The van der Waals surface area contributed by atoms with E-state index in [1.807, 2.05) is 62.3 Å². The van der Waals surface area contributed by atoms with E-state index >= 15 is 0 Å². The molecule has 0 unspecified atom stereocenters. The predicted octanol–water partition coefficient (Wildman–Crippen LogP) is 3.04. The molecule has 0 saturated heterocycles. The molecule has 0 aromatic carbocycles. The van der Waals surface area contributed by atoms with Gasteiger partial charge >= 0.3 is 110 Å². The van der Waals surface area contributed by atoms with Crippen molar-refractivity contribution in [3.05, 3.63) is 0 Å². The van der Waals surface area contributed by atoms with E-state index in [1.54, 1.807) is 0 Å². The Labute approximate surface area is 133 Å². The zero-order valence-electron chi connectivity index (χ0n) is 12.8. The van der Waals surface area contributed by atoms with Gasteiger partial charge in [0.15, 0.2) is 0 Å². The Kier molecular flexibility index (Phi) is 9.03. The molecule has 17 heavy (non-hydrogen) atoms. The van der Waals surface area contributed by atoms with Gasteiger partial charge in [0, 0.05) is 23.9 Å². The summed E-state index contributed by atoms with van der Waals surface area (Å²) in [5.41, 5.74) is -0.592. The number of rotatable bonds is 3. The van der Waals surface area contributed by atoms with Gasteiger partial charge in [-0.1, -0.05) is 0 Å². The van der Waals surface area contributed by atoms with Gasteiger partial charge < -0.3 is 0 Å². The summed E-state index contributed by atoms with van der Waals surface area (Å²) < 4.78 is 17.9. The van der Waals surface area contributed by atoms with E-state index in [4.69, 9.17) is 8.56 Å². The zero-order valence-corrected chi connectivity index (χ0v) is 19.0. The minimum Gasteiger partial charge on any atom is 0 e. The molecule has 0 spiro atoms. The van der Waals surface area contributed by atoms with Crippen molar-refractivity contribution >= 4 is 46.7 Å². The average molecular weight is 453 g/mol. The summed E-state index contributed by atoms with van der Waals surface area (Å²) in [7, 11) is 0. The van der Waals surface area contributed by atoms with E-state index in [1.165, 1.54) is 0 Å². The molecule has 0 saturated carbocycles. The minimum atomic E-state index is -2.86. The Morgan fingerprint density at radius 2 is 0.706 bits per heavy atom. The Morgan fingerprint density at radius 1 is 0.529 bits per heavy atom. The molecule has 0 fully saturated rings. The second-order valence-electron chi connectivity index (χ2n) is 6.98. The van der Waals surface area contributed by atoms with Crippen molar-refractivity contribution in [1.29, 1.82) is 0 Å². The van der Waals surface area contributed by atoms with E-state index in [0.717, 1.165) is 0 Å². The quantitative estimate of drug-likeness (QED) is 0.616. The van der Waals surface area contributed by atoms with E-state index in [0.29, 0.717) is 0 Å². The van der Waals surface area contributed by atoms with Gasteiger partial charge in [-0.15, -0.1) is 0 Å². The van der Waals surface area contributed by atoms with Crippen molar-refractivity contribution in [2.45, 2.75) is 79.1 Å². The molecule has 0 rings (SSSR count). The molecule has 0 aromatic heterocycles. The van der Waals surface area contributed by atoms with Crippen LogP contribution in [0.3, 0.4) is 0 Å². The van der Waals surface area contributed by atoms with Crippen LogP contribution in [0.4, 0.5) is 0 Å². The molecule has 0 aliphatic carbocycles. The van der Waals surface area contributed by atoms with Crippen LogP contribution in [0.15, 0.2) is 0 Å². The Morgan fingerprint density at radius 3 is 0.824 bits per heavy atom. The van der Waals surface area contributed by atoms with Crippen molar-refractivity contribution in [2.24, 2.45) is 0 Å². The molecule has 0 N–H and O–H groups in total. The second-order valence-corrected chi connectivity index (χ2v) is 10.6.